The van der Waals surface area contributed by atoms with Crippen LogP contribution in [0, 0.1) is 6.92 Å². The number of aryl methyl sites for hydroxylation is 1. The number of hydrogen-bond acceptors (Lipinski definition) is 4. The van der Waals surface area contributed by atoms with E-state index in [9.17, 15) is 4.79 Å². The summed E-state index contributed by atoms with van der Waals surface area (Å²) in [5.41, 5.74) is 0.498. The second kappa shape index (κ2) is 3.49. The number of nitrogens with zero attached hydrogens (tertiary/aromatic N) is 2. The molecular formula is C7H7ClN2O2. The van der Waals surface area contributed by atoms with Crippen molar-refractivity contribution in [2.75, 3.05) is 0 Å². The summed E-state index contributed by atoms with van der Waals surface area (Å²) >= 11 is 5.54. The predicted molar refractivity (Wildman–Crippen MR) is 43.1 cm³/mol. The van der Waals surface area contributed by atoms with Crippen molar-refractivity contribution in [2.24, 2.45) is 0 Å². The lowest BCUT2D eigenvalue weighted by Crippen LogP contribution is -2.05. The fourth-order valence-corrected chi connectivity index (χ4v) is 0.854. The van der Waals surface area contributed by atoms with Crippen LogP contribution in [0.5, 0.6) is 5.88 Å². The molecule has 0 aromatic carbocycles. The Hall–Kier alpha value is -1.16. The molecule has 0 aliphatic rings. The van der Waals surface area contributed by atoms with E-state index >= 15 is 0 Å². The van der Waals surface area contributed by atoms with Crippen LogP contribution in [0.3, 0.4) is 0 Å². The third-order valence-electron chi connectivity index (χ3n) is 1.11. The highest BCUT2D eigenvalue weighted by atomic mass is 35.5. The Morgan fingerprint density at radius 3 is 2.83 bits per heavy atom. The number of rotatable bonds is 1. The first-order chi connectivity index (χ1) is 5.59. The summed E-state index contributed by atoms with van der Waals surface area (Å²) in [6.45, 7) is 2.97. The topological polar surface area (TPSA) is 52.1 Å². The summed E-state index contributed by atoms with van der Waals surface area (Å²) in [6.07, 6.45) is 1.33. The minimum absolute atomic E-state index is 0.201. The summed E-state index contributed by atoms with van der Waals surface area (Å²) in [6, 6.07) is 0. The molecule has 1 aromatic rings. The normalized spacial score (nSPS) is 9.58. The number of carbonyl (C=O) groups excluding carboxylic acids is 1. The lowest BCUT2D eigenvalue weighted by atomic mass is 10.5. The summed E-state index contributed by atoms with van der Waals surface area (Å²) < 4.78 is 4.73. The molecular weight excluding hydrogens is 180 g/mol. The smallest absolute Gasteiger partial charge is 0.309 e. The highest BCUT2D eigenvalue weighted by Crippen LogP contribution is 2.13. The molecule has 1 rings (SSSR count). The molecule has 0 atom stereocenters. The second-order valence-electron chi connectivity index (χ2n) is 2.18. The maximum atomic E-state index is 10.5. The monoisotopic (exact) mass is 186 g/mol. The molecule has 0 radical (unpaired) electrons. The molecule has 64 valence electrons. The van der Waals surface area contributed by atoms with Gasteiger partial charge in [-0.2, -0.15) is 0 Å². The summed E-state index contributed by atoms with van der Waals surface area (Å²) in [5.74, 6) is -0.221. The van der Waals surface area contributed by atoms with E-state index in [0.29, 0.717) is 5.69 Å². The quantitative estimate of drug-likeness (QED) is 0.622. The maximum absolute atomic E-state index is 10.5. The van der Waals surface area contributed by atoms with Crippen LogP contribution in [0.2, 0.25) is 5.15 Å². The van der Waals surface area contributed by atoms with Crippen LogP contribution in [0.15, 0.2) is 6.20 Å². The van der Waals surface area contributed by atoms with Gasteiger partial charge in [-0.05, 0) is 6.92 Å². The van der Waals surface area contributed by atoms with E-state index < -0.39 is 5.97 Å². The molecule has 0 saturated carbocycles. The molecule has 1 aromatic heterocycles. The van der Waals surface area contributed by atoms with Gasteiger partial charge in [-0.25, -0.2) is 9.97 Å². The van der Waals surface area contributed by atoms with Crippen LogP contribution in [0.25, 0.3) is 0 Å². The summed E-state index contributed by atoms with van der Waals surface area (Å²) in [4.78, 5) is 18.2. The number of aromatic nitrogens is 2. The Bertz CT molecular complexity index is 314. The minimum Gasteiger partial charge on any atom is -0.406 e. The van der Waals surface area contributed by atoms with Crippen molar-refractivity contribution in [1.82, 2.24) is 9.97 Å². The van der Waals surface area contributed by atoms with Crippen molar-refractivity contribution in [3.63, 3.8) is 0 Å². The van der Waals surface area contributed by atoms with E-state index in [0.717, 1.165) is 0 Å². The van der Waals surface area contributed by atoms with E-state index in [1.807, 2.05) is 0 Å². The lowest BCUT2D eigenvalue weighted by Gasteiger charge is -2.01. The predicted octanol–water partition coefficient (Wildman–Crippen LogP) is 1.36. The standard InChI is InChI=1S/C7H7ClN2O2/c1-4-7(12-5(2)11)9-3-6(8)10-4/h3H,1-2H3. The first-order valence-corrected chi connectivity index (χ1v) is 3.65. The Kier molecular flexibility index (Phi) is 2.60. The first kappa shape index (κ1) is 8.93. The highest BCUT2D eigenvalue weighted by molar-refractivity contribution is 6.29. The van der Waals surface area contributed by atoms with Crippen LogP contribution < -0.4 is 4.74 Å². The molecule has 12 heavy (non-hydrogen) atoms. The molecule has 5 heteroatoms. The number of halogens is 1. The van der Waals surface area contributed by atoms with Gasteiger partial charge in [0.05, 0.1) is 6.20 Å². The number of ether oxygens (including phenoxy) is 1. The molecule has 0 saturated heterocycles. The van der Waals surface area contributed by atoms with Gasteiger partial charge in [-0.3, -0.25) is 4.79 Å². The number of esters is 1. The zero-order valence-electron chi connectivity index (χ0n) is 6.67. The Morgan fingerprint density at radius 2 is 2.33 bits per heavy atom. The van der Waals surface area contributed by atoms with Crippen molar-refractivity contribution in [1.29, 1.82) is 0 Å². The van der Waals surface area contributed by atoms with Gasteiger partial charge in [0.25, 0.3) is 0 Å². The van der Waals surface area contributed by atoms with Gasteiger partial charge >= 0.3 is 5.97 Å². The molecule has 0 amide bonds. The Morgan fingerprint density at radius 1 is 1.67 bits per heavy atom. The van der Waals surface area contributed by atoms with Crippen molar-refractivity contribution < 1.29 is 9.53 Å². The van der Waals surface area contributed by atoms with Gasteiger partial charge in [0, 0.05) is 6.92 Å². The van der Waals surface area contributed by atoms with Crippen molar-refractivity contribution in [3.05, 3.63) is 17.0 Å². The zero-order chi connectivity index (χ0) is 9.14. The molecule has 0 bridgehead atoms. The van der Waals surface area contributed by atoms with Crippen molar-refractivity contribution in [2.45, 2.75) is 13.8 Å². The van der Waals surface area contributed by atoms with E-state index in [4.69, 9.17) is 16.3 Å². The van der Waals surface area contributed by atoms with Crippen molar-refractivity contribution >= 4 is 17.6 Å². The zero-order valence-corrected chi connectivity index (χ0v) is 7.42. The maximum Gasteiger partial charge on any atom is 0.309 e. The van der Waals surface area contributed by atoms with E-state index in [2.05, 4.69) is 9.97 Å². The molecule has 0 spiro atoms. The van der Waals surface area contributed by atoms with Crippen LogP contribution in [-0.4, -0.2) is 15.9 Å². The van der Waals surface area contributed by atoms with Gasteiger partial charge in [-0.1, -0.05) is 11.6 Å². The fourth-order valence-electron chi connectivity index (χ4n) is 0.679. The molecule has 1 heterocycles. The number of carbonyl (C=O) groups is 1. The molecule has 0 aliphatic carbocycles. The van der Waals surface area contributed by atoms with E-state index in [1.54, 1.807) is 6.92 Å². The summed E-state index contributed by atoms with van der Waals surface area (Å²) in [5, 5.41) is 0.281. The average Bonchev–Trinajstić information content (AvgIpc) is 1.94. The molecule has 0 N–H and O–H groups in total. The SMILES string of the molecule is CC(=O)Oc1ncc(Cl)nc1C. The third-order valence-corrected chi connectivity index (χ3v) is 1.29. The van der Waals surface area contributed by atoms with Crippen molar-refractivity contribution in [3.8, 4) is 5.88 Å². The van der Waals surface area contributed by atoms with Gasteiger partial charge in [0.15, 0.2) is 0 Å². The average molecular weight is 187 g/mol. The molecule has 0 aliphatic heterocycles. The summed E-state index contributed by atoms with van der Waals surface area (Å²) in [7, 11) is 0. The number of hydrogen-bond donors (Lipinski definition) is 0. The second-order valence-corrected chi connectivity index (χ2v) is 2.56. The van der Waals surface area contributed by atoms with Gasteiger partial charge in [0.1, 0.15) is 10.8 Å². The van der Waals surface area contributed by atoms with Crippen LogP contribution >= 0.6 is 11.6 Å². The minimum atomic E-state index is -0.422. The molecule has 0 fully saturated rings. The third kappa shape index (κ3) is 2.17. The Balaban J connectivity index is 2.93. The van der Waals surface area contributed by atoms with Crippen LogP contribution in [0.4, 0.5) is 0 Å². The first-order valence-electron chi connectivity index (χ1n) is 3.27. The van der Waals surface area contributed by atoms with Crippen LogP contribution in [0.1, 0.15) is 12.6 Å². The largest absolute Gasteiger partial charge is 0.406 e. The lowest BCUT2D eigenvalue weighted by molar-refractivity contribution is -0.132. The molecule has 4 nitrogen and oxygen atoms in total. The van der Waals surface area contributed by atoms with E-state index in [1.165, 1.54) is 13.1 Å². The van der Waals surface area contributed by atoms with Crippen LogP contribution in [-0.2, 0) is 4.79 Å². The van der Waals surface area contributed by atoms with E-state index in [-0.39, 0.29) is 11.0 Å². The van der Waals surface area contributed by atoms with Gasteiger partial charge < -0.3 is 4.74 Å². The Labute approximate surface area is 74.5 Å². The highest BCUT2D eigenvalue weighted by Gasteiger charge is 2.05. The van der Waals surface area contributed by atoms with Gasteiger partial charge in [0.2, 0.25) is 5.88 Å². The molecule has 0 unspecified atom stereocenters. The van der Waals surface area contributed by atoms with Gasteiger partial charge in [-0.15, -0.1) is 0 Å². The fraction of sp³-hybridized carbons (Fsp3) is 0.286.